The number of unbranched alkanes of at least 4 members (excludes halogenated alkanes) is 3. The van der Waals surface area contributed by atoms with Crippen molar-refractivity contribution in [3.05, 3.63) is 45.6 Å². The zero-order valence-corrected chi connectivity index (χ0v) is 19.2. The summed E-state index contributed by atoms with van der Waals surface area (Å²) in [5, 5.41) is 27.8. The van der Waals surface area contributed by atoms with Gasteiger partial charge in [-0.1, -0.05) is 25.8 Å². The second-order valence-electron chi connectivity index (χ2n) is 8.55. The number of hydrogen-bond acceptors (Lipinski definition) is 5. The summed E-state index contributed by atoms with van der Waals surface area (Å²) >= 11 is 1.78. The molecule has 0 radical (unpaired) electrons. The first kappa shape index (κ1) is 23.1. The van der Waals surface area contributed by atoms with E-state index >= 15 is 0 Å². The van der Waals surface area contributed by atoms with Crippen LogP contribution in [0.4, 0.5) is 0 Å². The van der Waals surface area contributed by atoms with Crippen LogP contribution in [0.2, 0.25) is 0 Å². The fourth-order valence-corrected chi connectivity index (χ4v) is 5.29. The van der Waals surface area contributed by atoms with Crippen molar-refractivity contribution in [2.24, 2.45) is 0 Å². The number of benzene rings is 1. The third-order valence-electron chi connectivity index (χ3n) is 6.29. The van der Waals surface area contributed by atoms with Crippen LogP contribution in [0.25, 0.3) is 0 Å². The molecule has 3 rings (SSSR count). The number of aromatic hydroxyl groups is 2. The minimum absolute atomic E-state index is 0.0126. The molecule has 5 heteroatoms. The Kier molecular flexibility index (Phi) is 9.50. The van der Waals surface area contributed by atoms with E-state index in [0.29, 0.717) is 6.04 Å². The van der Waals surface area contributed by atoms with Crippen molar-refractivity contribution in [3.8, 4) is 11.5 Å². The van der Waals surface area contributed by atoms with Crippen molar-refractivity contribution in [2.45, 2.75) is 70.8 Å². The van der Waals surface area contributed by atoms with Crippen molar-refractivity contribution in [1.82, 2.24) is 10.2 Å². The van der Waals surface area contributed by atoms with Crippen molar-refractivity contribution < 1.29 is 10.2 Å². The van der Waals surface area contributed by atoms with E-state index in [1.54, 1.807) is 17.4 Å². The molecule has 0 fully saturated rings. The fourth-order valence-electron chi connectivity index (χ4n) is 4.59. The van der Waals surface area contributed by atoms with Crippen molar-refractivity contribution >= 4 is 11.3 Å². The number of rotatable bonds is 13. The van der Waals surface area contributed by atoms with Crippen molar-refractivity contribution in [2.75, 3.05) is 26.2 Å². The average Bonchev–Trinajstić information content (AvgIpc) is 3.28. The van der Waals surface area contributed by atoms with Gasteiger partial charge in [-0.05, 0) is 105 Å². The van der Waals surface area contributed by atoms with Gasteiger partial charge in [-0.25, -0.2) is 0 Å². The molecule has 166 valence electrons. The molecule has 0 saturated carbocycles. The number of thiophene rings is 1. The Bertz CT molecular complexity index is 748. The molecule has 1 heterocycles. The van der Waals surface area contributed by atoms with E-state index in [1.807, 2.05) is 6.07 Å². The van der Waals surface area contributed by atoms with Crippen molar-refractivity contribution in [3.63, 3.8) is 0 Å². The smallest absolute Gasteiger partial charge is 0.160 e. The maximum Gasteiger partial charge on any atom is 0.160 e. The lowest BCUT2D eigenvalue weighted by atomic mass is 9.86. The third-order valence-corrected chi connectivity index (χ3v) is 7.02. The molecule has 2 aromatic rings. The van der Waals surface area contributed by atoms with Gasteiger partial charge in [-0.3, -0.25) is 0 Å². The highest BCUT2D eigenvalue weighted by molar-refractivity contribution is 7.07. The van der Waals surface area contributed by atoms with Gasteiger partial charge in [0.1, 0.15) is 0 Å². The van der Waals surface area contributed by atoms with Crippen LogP contribution in [0, 0.1) is 0 Å². The lowest BCUT2D eigenvalue weighted by Gasteiger charge is -2.35. The topological polar surface area (TPSA) is 55.7 Å². The minimum atomic E-state index is 0.0126. The molecule has 1 aromatic heterocycles. The molecule has 3 N–H and O–H groups in total. The van der Waals surface area contributed by atoms with E-state index in [0.717, 1.165) is 50.9 Å². The van der Waals surface area contributed by atoms with Crippen LogP contribution in [0.3, 0.4) is 0 Å². The van der Waals surface area contributed by atoms with Gasteiger partial charge < -0.3 is 20.4 Å². The van der Waals surface area contributed by atoms with Gasteiger partial charge in [0, 0.05) is 11.6 Å². The second kappa shape index (κ2) is 12.3. The Labute approximate surface area is 185 Å². The van der Waals surface area contributed by atoms with Gasteiger partial charge in [0.25, 0.3) is 0 Å². The quantitative estimate of drug-likeness (QED) is 0.305. The van der Waals surface area contributed by atoms with E-state index < -0.39 is 0 Å². The minimum Gasteiger partial charge on any atom is -0.504 e. The fraction of sp³-hybridized carbons (Fsp3) is 0.600. The number of nitrogens with zero attached hydrogens (tertiary/aromatic N) is 1. The molecule has 0 spiro atoms. The summed E-state index contributed by atoms with van der Waals surface area (Å²) in [5.41, 5.74) is 3.60. The first-order valence-corrected chi connectivity index (χ1v) is 12.6. The summed E-state index contributed by atoms with van der Waals surface area (Å²) in [4.78, 5) is 2.66. The summed E-state index contributed by atoms with van der Waals surface area (Å²) in [5.74, 6) is 0.107. The van der Waals surface area contributed by atoms with Gasteiger partial charge in [0.05, 0.1) is 0 Å². The molecule has 0 amide bonds. The number of hydrogen-bond donors (Lipinski definition) is 3. The van der Waals surface area contributed by atoms with Crippen LogP contribution in [-0.2, 0) is 19.3 Å². The lowest BCUT2D eigenvalue weighted by molar-refractivity contribution is 0.175. The van der Waals surface area contributed by atoms with E-state index in [-0.39, 0.29) is 11.5 Å². The molecule has 1 aliphatic carbocycles. The molecule has 0 bridgehead atoms. The zero-order chi connectivity index (χ0) is 21.2. The molecular weight excluding hydrogens is 392 g/mol. The second-order valence-corrected chi connectivity index (χ2v) is 9.33. The molecule has 0 aliphatic heterocycles. The summed E-state index contributed by atoms with van der Waals surface area (Å²) < 4.78 is 0. The lowest BCUT2D eigenvalue weighted by Crippen LogP contribution is -2.40. The van der Waals surface area contributed by atoms with Crippen molar-refractivity contribution in [1.29, 1.82) is 0 Å². The normalized spacial score (nSPS) is 16.1. The molecule has 1 aliphatic rings. The molecule has 1 unspecified atom stereocenters. The van der Waals surface area contributed by atoms with E-state index in [4.69, 9.17) is 0 Å². The number of phenolic OH excluding ortho intramolecular Hbond substituents is 2. The van der Waals surface area contributed by atoms with Crippen LogP contribution in [0.5, 0.6) is 11.5 Å². The monoisotopic (exact) mass is 430 g/mol. The molecule has 1 atom stereocenters. The number of nitrogens with one attached hydrogen (secondary N) is 1. The standard InChI is InChI=1S/C25H38N2O2S/c1-2-15-27(22-8-9-23-21(18-22)7-10-24(28)25(23)29)16-6-4-3-5-13-26-14-11-20-12-17-30-19-20/h7,10,12,17,19,22,26,28-29H,2-6,8-9,11,13-16,18H2,1H3. The Morgan fingerprint density at radius 1 is 1.07 bits per heavy atom. The van der Waals surface area contributed by atoms with Gasteiger partial charge in [-0.2, -0.15) is 11.3 Å². The highest BCUT2D eigenvalue weighted by Crippen LogP contribution is 2.36. The zero-order valence-electron chi connectivity index (χ0n) is 18.4. The highest BCUT2D eigenvalue weighted by Gasteiger charge is 2.26. The maximum atomic E-state index is 10.1. The SMILES string of the molecule is CCCN(CCCCCCNCCc1ccsc1)C1CCc2c(ccc(O)c2O)C1. The van der Waals surface area contributed by atoms with E-state index in [9.17, 15) is 10.2 Å². The van der Waals surface area contributed by atoms with Crippen LogP contribution in [-0.4, -0.2) is 47.3 Å². The third kappa shape index (κ3) is 6.73. The highest BCUT2D eigenvalue weighted by atomic mass is 32.1. The van der Waals surface area contributed by atoms with Gasteiger partial charge in [0.2, 0.25) is 0 Å². The van der Waals surface area contributed by atoms with Gasteiger partial charge >= 0.3 is 0 Å². The van der Waals surface area contributed by atoms with Crippen LogP contribution in [0.1, 0.15) is 62.1 Å². The average molecular weight is 431 g/mol. The first-order chi connectivity index (χ1) is 14.7. The Hall–Kier alpha value is -1.56. The summed E-state index contributed by atoms with van der Waals surface area (Å²) in [6.45, 7) is 6.78. The van der Waals surface area contributed by atoms with Crippen LogP contribution < -0.4 is 5.32 Å². The summed E-state index contributed by atoms with van der Waals surface area (Å²) in [6.07, 6.45) is 10.3. The van der Waals surface area contributed by atoms with Gasteiger partial charge in [0.15, 0.2) is 11.5 Å². The number of fused-ring (bicyclic) bond motifs is 1. The maximum absolute atomic E-state index is 10.1. The Balaban J connectivity index is 1.32. The van der Waals surface area contributed by atoms with E-state index in [1.165, 1.54) is 49.8 Å². The van der Waals surface area contributed by atoms with Crippen LogP contribution >= 0.6 is 11.3 Å². The molecule has 4 nitrogen and oxygen atoms in total. The van der Waals surface area contributed by atoms with E-state index in [2.05, 4.69) is 34.0 Å². The molecular formula is C25H38N2O2S. The largest absolute Gasteiger partial charge is 0.504 e. The predicted octanol–water partition coefficient (Wildman–Crippen LogP) is 5.12. The number of phenols is 2. The first-order valence-electron chi connectivity index (χ1n) is 11.7. The van der Waals surface area contributed by atoms with Crippen LogP contribution in [0.15, 0.2) is 29.0 Å². The summed E-state index contributed by atoms with van der Waals surface area (Å²) in [6, 6.07) is 6.40. The predicted molar refractivity (Wildman–Crippen MR) is 127 cm³/mol. The Morgan fingerprint density at radius 2 is 1.93 bits per heavy atom. The molecule has 0 saturated heterocycles. The Morgan fingerprint density at radius 3 is 2.73 bits per heavy atom. The van der Waals surface area contributed by atoms with Gasteiger partial charge in [-0.15, -0.1) is 0 Å². The summed E-state index contributed by atoms with van der Waals surface area (Å²) in [7, 11) is 0. The molecule has 1 aromatic carbocycles. The molecule has 30 heavy (non-hydrogen) atoms.